The summed E-state index contributed by atoms with van der Waals surface area (Å²) in [5, 5.41) is 0.297. The third-order valence-corrected chi connectivity index (χ3v) is 4.37. The summed E-state index contributed by atoms with van der Waals surface area (Å²) in [4.78, 5) is 25.7. The third-order valence-electron chi connectivity index (χ3n) is 4.08. The molecule has 0 radical (unpaired) electrons. The van der Waals surface area contributed by atoms with E-state index in [4.69, 9.17) is 11.6 Å². The molecule has 0 amide bonds. The molecule has 0 atom stereocenters. The van der Waals surface area contributed by atoms with Crippen LogP contribution < -0.4 is 5.69 Å². The van der Waals surface area contributed by atoms with Gasteiger partial charge in [-0.3, -0.25) is 4.57 Å². The van der Waals surface area contributed by atoms with Gasteiger partial charge in [0.25, 0.3) is 0 Å². The van der Waals surface area contributed by atoms with Crippen LogP contribution in [0.15, 0.2) is 11.1 Å². The van der Waals surface area contributed by atoms with Crippen LogP contribution in [0, 0.1) is 5.41 Å². The molecule has 2 aromatic heterocycles. The molecule has 0 aromatic carbocycles. The lowest BCUT2D eigenvalue weighted by Gasteiger charge is -2.36. The second-order valence-corrected chi connectivity index (χ2v) is 7.59. The van der Waals surface area contributed by atoms with Crippen LogP contribution in [-0.4, -0.2) is 44.1 Å². The van der Waals surface area contributed by atoms with Crippen molar-refractivity contribution in [2.75, 3.05) is 19.6 Å². The Kier molecular flexibility index (Phi) is 3.99. The number of nitrogens with zero attached hydrogens (tertiary/aromatic N) is 4. The van der Waals surface area contributed by atoms with Crippen molar-refractivity contribution in [1.82, 2.24) is 24.4 Å². The van der Waals surface area contributed by atoms with Gasteiger partial charge in [-0.05, 0) is 18.3 Å². The fraction of sp³-hybridized carbons (Fsp3) is 0.667. The van der Waals surface area contributed by atoms with E-state index in [0.29, 0.717) is 21.7 Å². The molecular formula is C15H22ClN5O. The summed E-state index contributed by atoms with van der Waals surface area (Å²) in [5.41, 5.74) is 1.29. The molecule has 0 bridgehead atoms. The normalized spacial score (nSPS) is 18.2. The molecule has 6 nitrogen and oxygen atoms in total. The first kappa shape index (κ1) is 15.5. The maximum Gasteiger partial charge on any atom is 0.328 e. The number of fused-ring (bicyclic) bond motifs is 1. The van der Waals surface area contributed by atoms with Crippen LogP contribution in [-0.2, 0) is 0 Å². The van der Waals surface area contributed by atoms with Crippen molar-refractivity contribution in [2.45, 2.75) is 39.7 Å². The topological polar surface area (TPSA) is 66.8 Å². The summed E-state index contributed by atoms with van der Waals surface area (Å²) in [5.74, 6) is 0. The number of aromatic amines is 1. The summed E-state index contributed by atoms with van der Waals surface area (Å²) in [6.07, 6.45) is 3.30. The first-order valence-corrected chi connectivity index (χ1v) is 8.06. The molecule has 0 aliphatic carbocycles. The molecule has 1 saturated heterocycles. The van der Waals surface area contributed by atoms with Crippen molar-refractivity contribution in [3.8, 4) is 0 Å². The van der Waals surface area contributed by atoms with Crippen molar-refractivity contribution in [3.63, 3.8) is 0 Å². The predicted molar refractivity (Wildman–Crippen MR) is 87.3 cm³/mol. The van der Waals surface area contributed by atoms with Crippen LogP contribution in [0.3, 0.4) is 0 Å². The molecule has 0 spiro atoms. The summed E-state index contributed by atoms with van der Waals surface area (Å²) in [6, 6.07) is 0.170. The second kappa shape index (κ2) is 5.66. The number of likely N-dealkylation sites (tertiary alicyclic amines) is 1. The van der Waals surface area contributed by atoms with Gasteiger partial charge in [0.05, 0.1) is 0 Å². The molecule has 3 rings (SSSR count). The lowest BCUT2D eigenvalue weighted by atomic mass is 9.94. The van der Waals surface area contributed by atoms with E-state index in [1.807, 2.05) is 0 Å². The lowest BCUT2D eigenvalue weighted by Crippen LogP contribution is -2.40. The second-order valence-electron chi connectivity index (χ2n) is 7.23. The quantitative estimate of drug-likeness (QED) is 0.862. The highest BCUT2D eigenvalue weighted by Gasteiger charge is 2.26. The zero-order valence-corrected chi connectivity index (χ0v) is 14.0. The van der Waals surface area contributed by atoms with Crippen LogP contribution in [0.4, 0.5) is 0 Å². The van der Waals surface area contributed by atoms with Gasteiger partial charge in [-0.25, -0.2) is 14.8 Å². The Bertz CT molecular complexity index is 722. The average molecular weight is 324 g/mol. The molecular weight excluding hydrogens is 302 g/mol. The van der Waals surface area contributed by atoms with Crippen molar-refractivity contribution in [2.24, 2.45) is 5.41 Å². The Labute approximate surface area is 134 Å². The minimum Gasteiger partial charge on any atom is -0.303 e. The SMILES string of the molecule is CC(C)(C)CN1CCC(n2c(=O)[nH]c3c(Cl)ncnc32)CC1. The molecule has 1 N–H and O–H groups in total. The van der Waals surface area contributed by atoms with E-state index in [0.717, 1.165) is 32.5 Å². The number of piperidine rings is 1. The molecule has 0 unspecified atom stereocenters. The van der Waals surface area contributed by atoms with Crippen LogP contribution >= 0.6 is 11.6 Å². The molecule has 3 heterocycles. The number of imidazole rings is 1. The van der Waals surface area contributed by atoms with E-state index in [1.54, 1.807) is 4.57 Å². The highest BCUT2D eigenvalue weighted by molar-refractivity contribution is 6.33. The van der Waals surface area contributed by atoms with E-state index < -0.39 is 0 Å². The molecule has 2 aromatic rings. The number of rotatable bonds is 2. The first-order valence-electron chi connectivity index (χ1n) is 7.68. The number of nitrogens with one attached hydrogen (secondary N) is 1. The Morgan fingerprint density at radius 1 is 1.32 bits per heavy atom. The van der Waals surface area contributed by atoms with Crippen LogP contribution in [0.2, 0.25) is 5.15 Å². The predicted octanol–water partition coefficient (Wildman–Crippen LogP) is 2.46. The maximum atomic E-state index is 12.3. The van der Waals surface area contributed by atoms with Gasteiger partial charge >= 0.3 is 5.69 Å². The Balaban J connectivity index is 1.81. The van der Waals surface area contributed by atoms with Crippen molar-refractivity contribution >= 4 is 22.8 Å². The number of hydrogen-bond donors (Lipinski definition) is 1. The van der Waals surface area contributed by atoms with Gasteiger partial charge < -0.3 is 9.88 Å². The monoisotopic (exact) mass is 323 g/mol. The van der Waals surface area contributed by atoms with Crippen molar-refractivity contribution in [3.05, 3.63) is 22.0 Å². The summed E-state index contributed by atoms with van der Waals surface area (Å²) >= 11 is 6.03. The molecule has 1 fully saturated rings. The van der Waals surface area contributed by atoms with Crippen molar-refractivity contribution < 1.29 is 0 Å². The molecule has 120 valence electrons. The van der Waals surface area contributed by atoms with E-state index in [-0.39, 0.29) is 11.7 Å². The number of aromatic nitrogens is 4. The van der Waals surface area contributed by atoms with Gasteiger partial charge in [-0.1, -0.05) is 32.4 Å². The van der Waals surface area contributed by atoms with Gasteiger partial charge in [-0.15, -0.1) is 0 Å². The summed E-state index contributed by atoms with van der Waals surface area (Å²) in [6.45, 7) is 9.84. The maximum absolute atomic E-state index is 12.3. The number of hydrogen-bond acceptors (Lipinski definition) is 4. The van der Waals surface area contributed by atoms with Crippen LogP contribution in [0.1, 0.15) is 39.7 Å². The number of H-pyrrole nitrogens is 1. The molecule has 7 heteroatoms. The molecule has 1 aliphatic rings. The molecule has 0 saturated carbocycles. The standard InChI is InChI=1S/C15H22ClN5O/c1-15(2,3)8-20-6-4-10(5-7-20)21-13-11(19-14(21)22)12(16)17-9-18-13/h9-10H,4-8H2,1-3H3,(H,19,22). The summed E-state index contributed by atoms with van der Waals surface area (Å²) < 4.78 is 1.75. The van der Waals surface area contributed by atoms with Gasteiger partial charge in [0.1, 0.15) is 11.8 Å². The van der Waals surface area contributed by atoms with E-state index in [2.05, 4.69) is 40.6 Å². The van der Waals surface area contributed by atoms with Crippen LogP contribution in [0.25, 0.3) is 11.2 Å². The smallest absolute Gasteiger partial charge is 0.303 e. The van der Waals surface area contributed by atoms with E-state index in [1.165, 1.54) is 6.33 Å². The Morgan fingerprint density at radius 2 is 2.00 bits per heavy atom. The molecule has 1 aliphatic heterocycles. The first-order chi connectivity index (χ1) is 10.3. The van der Waals surface area contributed by atoms with Gasteiger partial charge in [-0.2, -0.15) is 0 Å². The Morgan fingerprint density at radius 3 is 2.64 bits per heavy atom. The average Bonchev–Trinajstić information content (AvgIpc) is 2.76. The number of halogens is 1. The van der Waals surface area contributed by atoms with Gasteiger partial charge in [0, 0.05) is 25.7 Å². The Hall–Kier alpha value is -1.40. The van der Waals surface area contributed by atoms with Crippen molar-refractivity contribution in [1.29, 1.82) is 0 Å². The fourth-order valence-electron chi connectivity index (χ4n) is 3.25. The third kappa shape index (κ3) is 3.03. The minimum atomic E-state index is -0.147. The largest absolute Gasteiger partial charge is 0.328 e. The van der Waals surface area contributed by atoms with Crippen LogP contribution in [0.5, 0.6) is 0 Å². The molecule has 22 heavy (non-hydrogen) atoms. The van der Waals surface area contributed by atoms with Gasteiger partial charge in [0.15, 0.2) is 10.8 Å². The minimum absolute atomic E-state index is 0.147. The van der Waals surface area contributed by atoms with E-state index >= 15 is 0 Å². The highest BCUT2D eigenvalue weighted by atomic mass is 35.5. The van der Waals surface area contributed by atoms with E-state index in [9.17, 15) is 4.79 Å². The highest BCUT2D eigenvalue weighted by Crippen LogP contribution is 2.27. The summed E-state index contributed by atoms with van der Waals surface area (Å²) in [7, 11) is 0. The fourth-order valence-corrected chi connectivity index (χ4v) is 3.43. The zero-order chi connectivity index (χ0) is 15.9. The van der Waals surface area contributed by atoms with Gasteiger partial charge in [0.2, 0.25) is 0 Å². The zero-order valence-electron chi connectivity index (χ0n) is 13.3. The lowest BCUT2D eigenvalue weighted by molar-refractivity contribution is 0.138.